The molecular weight excluding hydrogens is 402 g/mol. The molecule has 7 nitrogen and oxygen atoms in total. The van der Waals surface area contributed by atoms with Gasteiger partial charge < -0.3 is 10.5 Å². The molecule has 1 aromatic heterocycles. The molecule has 0 spiro atoms. The van der Waals surface area contributed by atoms with Crippen molar-refractivity contribution >= 4 is 21.7 Å². The Kier molecular flexibility index (Phi) is 5.44. The van der Waals surface area contributed by atoms with Gasteiger partial charge in [-0.05, 0) is 55.0 Å². The van der Waals surface area contributed by atoms with Crippen molar-refractivity contribution < 1.29 is 17.9 Å². The van der Waals surface area contributed by atoms with Gasteiger partial charge >= 0.3 is 0 Å². The van der Waals surface area contributed by atoms with Crippen LogP contribution in [0.5, 0.6) is 5.75 Å². The van der Waals surface area contributed by atoms with Gasteiger partial charge in [0.15, 0.2) is 10.6 Å². The Morgan fingerprint density at radius 2 is 1.90 bits per heavy atom. The number of pyridine rings is 1. The largest absolute Gasteiger partial charge is 0.477 e. The summed E-state index contributed by atoms with van der Waals surface area (Å²) in [6, 6.07) is 10.4. The van der Waals surface area contributed by atoms with Crippen LogP contribution in [0.25, 0.3) is 0 Å². The molecule has 2 aromatic rings. The Bertz CT molecular complexity index is 1060. The first-order chi connectivity index (χ1) is 14.3. The molecule has 1 aromatic carbocycles. The summed E-state index contributed by atoms with van der Waals surface area (Å²) in [5.41, 5.74) is 6.56. The molecule has 3 N–H and O–H groups in total. The quantitative estimate of drug-likeness (QED) is 0.728. The lowest BCUT2D eigenvalue weighted by molar-refractivity contribution is -0.128. The fourth-order valence-corrected chi connectivity index (χ4v) is 5.05. The first kappa shape index (κ1) is 20.7. The van der Waals surface area contributed by atoms with Gasteiger partial charge in [-0.25, -0.2) is 9.71 Å². The zero-order valence-electron chi connectivity index (χ0n) is 17.1. The van der Waals surface area contributed by atoms with Crippen molar-refractivity contribution in [2.45, 2.75) is 68.4 Å². The summed E-state index contributed by atoms with van der Waals surface area (Å²) in [5.74, 6) is 0.505. The van der Waals surface area contributed by atoms with E-state index in [4.69, 9.17) is 10.5 Å². The minimum atomic E-state index is -4.13. The van der Waals surface area contributed by atoms with Gasteiger partial charge in [-0.2, -0.15) is 8.42 Å². The van der Waals surface area contributed by atoms with Gasteiger partial charge in [0, 0.05) is 12.8 Å². The average Bonchev–Trinajstić information content (AvgIpc) is 3.49. The van der Waals surface area contributed by atoms with E-state index in [0.717, 1.165) is 24.0 Å². The number of sulfonamides is 1. The number of rotatable bonds is 6. The fourth-order valence-electron chi connectivity index (χ4n) is 4.03. The number of nitrogen functional groups attached to an aromatic ring is 1. The lowest BCUT2D eigenvalue weighted by Gasteiger charge is -2.26. The van der Waals surface area contributed by atoms with Crippen LogP contribution in [0, 0.1) is 6.92 Å². The zero-order chi connectivity index (χ0) is 21.4. The Balaban J connectivity index is 1.55. The van der Waals surface area contributed by atoms with Crippen molar-refractivity contribution in [1.82, 2.24) is 9.71 Å². The number of aromatic nitrogens is 1. The molecule has 1 amide bonds. The number of nitrogens with zero attached hydrogens (tertiary/aromatic N) is 1. The van der Waals surface area contributed by atoms with Crippen LogP contribution in [0.2, 0.25) is 0 Å². The number of nitrogens with two attached hydrogens (primary N) is 1. The molecule has 2 fully saturated rings. The van der Waals surface area contributed by atoms with Crippen LogP contribution in [0.1, 0.15) is 62.0 Å². The van der Waals surface area contributed by atoms with E-state index in [2.05, 4.69) is 21.8 Å². The predicted octanol–water partition coefficient (Wildman–Crippen LogP) is 3.44. The number of carbonyl (C=O) groups excluding carboxylic acids is 1. The summed E-state index contributed by atoms with van der Waals surface area (Å²) in [7, 11) is -4.13. The highest BCUT2D eigenvalue weighted by molar-refractivity contribution is 7.90. The van der Waals surface area contributed by atoms with Crippen molar-refractivity contribution in [1.29, 1.82) is 0 Å². The van der Waals surface area contributed by atoms with E-state index in [1.807, 2.05) is 13.0 Å². The fraction of sp³-hybridized carbons (Fsp3) is 0.455. The van der Waals surface area contributed by atoms with Gasteiger partial charge in [0.25, 0.3) is 15.9 Å². The minimum absolute atomic E-state index is 0.0691. The Morgan fingerprint density at radius 3 is 2.57 bits per heavy atom. The molecule has 1 heterocycles. The smallest absolute Gasteiger partial charge is 0.281 e. The summed E-state index contributed by atoms with van der Waals surface area (Å²) < 4.78 is 33.5. The van der Waals surface area contributed by atoms with E-state index in [-0.39, 0.29) is 10.8 Å². The van der Waals surface area contributed by atoms with Crippen molar-refractivity contribution in [2.75, 3.05) is 5.73 Å². The maximum absolute atomic E-state index is 12.9. The van der Waals surface area contributed by atoms with Crippen molar-refractivity contribution in [3.05, 3.63) is 47.5 Å². The van der Waals surface area contributed by atoms with Crippen molar-refractivity contribution in [3.8, 4) is 5.75 Å². The normalized spacial score (nSPS) is 18.6. The average molecular weight is 430 g/mol. The molecule has 4 rings (SSSR count). The lowest BCUT2D eigenvalue weighted by atomic mass is 9.83. The lowest BCUT2D eigenvalue weighted by Crippen LogP contribution is -2.43. The number of nitrogens with one attached hydrogen (secondary N) is 1. The second-order valence-electron chi connectivity index (χ2n) is 8.31. The topological polar surface area (TPSA) is 111 Å². The zero-order valence-corrected chi connectivity index (χ0v) is 17.9. The number of hydrogen-bond acceptors (Lipinski definition) is 6. The Hall–Kier alpha value is -2.61. The molecule has 160 valence electrons. The summed E-state index contributed by atoms with van der Waals surface area (Å²) in [5, 5.41) is -0.287. The third-order valence-corrected chi connectivity index (χ3v) is 7.12. The van der Waals surface area contributed by atoms with Gasteiger partial charge in [-0.1, -0.05) is 37.5 Å². The molecule has 0 atom stereocenters. The standard InChI is InChI=1S/C22H27N3O4S/c1-15-10-11-17(16-6-3-2-4-7-16)18(14-15)29-22(12-13-22)21(26)25-30(27,28)20-9-5-8-19(23)24-20/h5,8-11,14,16H,2-4,6-7,12-13H2,1H3,(H2,23,24)(H,25,26). The Morgan fingerprint density at radius 1 is 1.17 bits per heavy atom. The number of ether oxygens (including phenoxy) is 1. The van der Waals surface area contributed by atoms with Crippen LogP contribution in [-0.4, -0.2) is 24.9 Å². The summed E-state index contributed by atoms with van der Waals surface area (Å²) in [6.45, 7) is 1.98. The van der Waals surface area contributed by atoms with Gasteiger partial charge in [-0.3, -0.25) is 4.79 Å². The van der Waals surface area contributed by atoms with Crippen LogP contribution in [0.3, 0.4) is 0 Å². The van der Waals surface area contributed by atoms with E-state index in [1.165, 1.54) is 37.5 Å². The third-order valence-electron chi connectivity index (χ3n) is 5.88. The second kappa shape index (κ2) is 7.91. The van der Waals surface area contributed by atoms with Gasteiger partial charge in [0.2, 0.25) is 0 Å². The highest BCUT2D eigenvalue weighted by Crippen LogP contribution is 2.45. The van der Waals surface area contributed by atoms with Crippen LogP contribution >= 0.6 is 0 Å². The van der Waals surface area contributed by atoms with Crippen LogP contribution < -0.4 is 15.2 Å². The summed E-state index contributed by atoms with van der Waals surface area (Å²) in [6.07, 6.45) is 6.78. The highest BCUT2D eigenvalue weighted by atomic mass is 32.2. The van der Waals surface area contributed by atoms with Crippen molar-refractivity contribution in [3.63, 3.8) is 0 Å². The number of amides is 1. The van der Waals surface area contributed by atoms with Crippen LogP contribution in [0.4, 0.5) is 5.82 Å². The van der Waals surface area contributed by atoms with Crippen LogP contribution in [0.15, 0.2) is 41.4 Å². The summed E-state index contributed by atoms with van der Waals surface area (Å²) >= 11 is 0. The van der Waals surface area contributed by atoms with Gasteiger partial charge in [0.1, 0.15) is 11.6 Å². The first-order valence-corrected chi connectivity index (χ1v) is 11.9. The molecule has 30 heavy (non-hydrogen) atoms. The Labute approximate surface area is 177 Å². The second-order valence-corrected chi connectivity index (χ2v) is 9.94. The van der Waals surface area contributed by atoms with E-state index in [0.29, 0.717) is 24.5 Å². The molecule has 0 bridgehead atoms. The maximum Gasteiger partial charge on any atom is 0.281 e. The number of anilines is 1. The molecule has 2 aliphatic rings. The van der Waals surface area contributed by atoms with E-state index >= 15 is 0 Å². The first-order valence-electron chi connectivity index (χ1n) is 10.4. The minimum Gasteiger partial charge on any atom is -0.477 e. The predicted molar refractivity (Wildman–Crippen MR) is 114 cm³/mol. The molecule has 2 aliphatic carbocycles. The SMILES string of the molecule is Cc1ccc(C2CCCCC2)c(OC2(C(=O)NS(=O)(=O)c3cccc(N)n3)CC2)c1. The molecule has 0 aliphatic heterocycles. The van der Waals surface area contributed by atoms with E-state index < -0.39 is 21.5 Å². The van der Waals surface area contributed by atoms with E-state index in [1.54, 1.807) is 0 Å². The van der Waals surface area contributed by atoms with Gasteiger partial charge in [0.05, 0.1) is 0 Å². The molecule has 0 radical (unpaired) electrons. The number of aryl methyl sites for hydroxylation is 1. The molecular formula is C22H27N3O4S. The number of benzene rings is 1. The van der Waals surface area contributed by atoms with Crippen molar-refractivity contribution in [2.24, 2.45) is 0 Å². The van der Waals surface area contributed by atoms with Gasteiger partial charge in [-0.15, -0.1) is 0 Å². The third kappa shape index (κ3) is 4.28. The molecule has 0 saturated heterocycles. The maximum atomic E-state index is 12.9. The number of hydrogen-bond donors (Lipinski definition) is 2. The van der Waals surface area contributed by atoms with E-state index in [9.17, 15) is 13.2 Å². The number of carbonyl (C=O) groups is 1. The molecule has 0 unspecified atom stereocenters. The molecule has 8 heteroatoms. The highest BCUT2D eigenvalue weighted by Gasteiger charge is 2.54. The monoisotopic (exact) mass is 429 g/mol. The molecule has 2 saturated carbocycles. The van der Waals surface area contributed by atoms with Crippen LogP contribution in [-0.2, 0) is 14.8 Å². The summed E-state index contributed by atoms with van der Waals surface area (Å²) in [4.78, 5) is 16.7.